The normalized spacial score (nSPS) is 11.5. The number of rotatable bonds is 8. The molecule has 0 aliphatic rings. The number of hydrazone groups is 2. The van der Waals surface area contributed by atoms with E-state index in [-0.39, 0.29) is 0 Å². The predicted molar refractivity (Wildman–Crippen MR) is 134 cm³/mol. The summed E-state index contributed by atoms with van der Waals surface area (Å²) in [7, 11) is 0. The van der Waals surface area contributed by atoms with Gasteiger partial charge in [-0.2, -0.15) is 10.2 Å². The van der Waals surface area contributed by atoms with Crippen molar-refractivity contribution in [2.24, 2.45) is 10.2 Å². The van der Waals surface area contributed by atoms with E-state index in [1.54, 1.807) is 36.7 Å². The standard InChI is InChI=1S/C27H22N6O2/c34-24(30-32-26(20-11-3-1-4-12-20)22-15-7-9-17-28-22)19-25(35)31-33-27(21-13-5-2-6-14-21)23-16-8-10-18-29-23/h1-18H,19H2,(H,30,34)(H,31,35)/b32-26-,33-27-. The number of aromatic nitrogens is 2. The third-order valence-corrected chi connectivity index (χ3v) is 4.82. The average molecular weight is 463 g/mol. The van der Waals surface area contributed by atoms with Crippen LogP contribution in [0.5, 0.6) is 0 Å². The van der Waals surface area contributed by atoms with Crippen molar-refractivity contribution in [1.29, 1.82) is 0 Å². The van der Waals surface area contributed by atoms with Crippen molar-refractivity contribution in [3.63, 3.8) is 0 Å². The monoisotopic (exact) mass is 462 g/mol. The minimum absolute atomic E-state index is 0.457. The van der Waals surface area contributed by atoms with Crippen LogP contribution in [0.2, 0.25) is 0 Å². The molecule has 2 aromatic carbocycles. The summed E-state index contributed by atoms with van der Waals surface area (Å²) in [4.78, 5) is 33.5. The first-order chi connectivity index (χ1) is 17.2. The van der Waals surface area contributed by atoms with Gasteiger partial charge in [0, 0.05) is 23.5 Å². The van der Waals surface area contributed by atoms with Gasteiger partial charge in [0.1, 0.15) is 17.8 Å². The van der Waals surface area contributed by atoms with Crippen LogP contribution in [0.15, 0.2) is 120 Å². The quantitative estimate of drug-likeness (QED) is 0.238. The molecule has 2 amide bonds. The average Bonchev–Trinajstić information content (AvgIpc) is 2.91. The maximum atomic E-state index is 12.4. The molecule has 0 radical (unpaired) electrons. The number of amides is 2. The smallest absolute Gasteiger partial charge is 0.249 e. The number of hydrogen-bond donors (Lipinski definition) is 2. The van der Waals surface area contributed by atoms with Gasteiger partial charge in [-0.1, -0.05) is 72.8 Å². The zero-order chi connectivity index (χ0) is 24.3. The highest BCUT2D eigenvalue weighted by Crippen LogP contribution is 2.09. The molecule has 0 atom stereocenters. The Balaban J connectivity index is 1.46. The molecular weight excluding hydrogens is 440 g/mol. The first-order valence-corrected chi connectivity index (χ1v) is 10.9. The fraction of sp³-hybridized carbons (Fsp3) is 0.0370. The minimum Gasteiger partial charge on any atom is -0.273 e. The molecular formula is C27H22N6O2. The Labute approximate surface area is 202 Å². The van der Waals surface area contributed by atoms with Crippen molar-refractivity contribution in [3.8, 4) is 0 Å². The van der Waals surface area contributed by atoms with Crippen LogP contribution in [0.3, 0.4) is 0 Å². The Hall–Kier alpha value is -4.98. The zero-order valence-electron chi connectivity index (χ0n) is 18.7. The number of nitrogens with zero attached hydrogens (tertiary/aromatic N) is 4. The first kappa shape index (κ1) is 23.2. The molecule has 8 nitrogen and oxygen atoms in total. The lowest BCUT2D eigenvalue weighted by Gasteiger charge is -2.08. The molecule has 4 rings (SSSR count). The molecule has 172 valence electrons. The van der Waals surface area contributed by atoms with Gasteiger partial charge < -0.3 is 0 Å². The first-order valence-electron chi connectivity index (χ1n) is 10.9. The number of pyridine rings is 2. The lowest BCUT2D eigenvalue weighted by molar-refractivity contribution is -0.129. The van der Waals surface area contributed by atoms with Gasteiger partial charge in [0.2, 0.25) is 11.8 Å². The van der Waals surface area contributed by atoms with Crippen molar-refractivity contribution >= 4 is 23.2 Å². The van der Waals surface area contributed by atoms with Gasteiger partial charge in [-0.25, -0.2) is 10.9 Å². The molecule has 2 heterocycles. The fourth-order valence-electron chi connectivity index (χ4n) is 3.20. The lowest BCUT2D eigenvalue weighted by atomic mass is 10.1. The van der Waals surface area contributed by atoms with Crippen molar-refractivity contribution in [2.75, 3.05) is 0 Å². The highest BCUT2D eigenvalue weighted by Gasteiger charge is 2.13. The summed E-state index contributed by atoms with van der Waals surface area (Å²) in [6, 6.07) is 29.6. The van der Waals surface area contributed by atoms with Gasteiger partial charge in [0.05, 0.1) is 11.4 Å². The molecule has 2 aromatic heterocycles. The van der Waals surface area contributed by atoms with Crippen LogP contribution >= 0.6 is 0 Å². The van der Waals surface area contributed by atoms with Gasteiger partial charge in [0.25, 0.3) is 0 Å². The summed E-state index contributed by atoms with van der Waals surface area (Å²) >= 11 is 0. The number of benzene rings is 2. The predicted octanol–water partition coefficient (Wildman–Crippen LogP) is 3.30. The van der Waals surface area contributed by atoms with Crippen molar-refractivity contribution in [2.45, 2.75) is 6.42 Å². The Morgan fingerprint density at radius 1 is 0.571 bits per heavy atom. The topological polar surface area (TPSA) is 109 Å². The van der Waals surface area contributed by atoms with Crippen molar-refractivity contribution < 1.29 is 9.59 Å². The molecule has 0 fully saturated rings. The van der Waals surface area contributed by atoms with E-state index in [0.29, 0.717) is 22.8 Å². The number of carbonyl (C=O) groups excluding carboxylic acids is 2. The van der Waals surface area contributed by atoms with Crippen molar-refractivity contribution in [1.82, 2.24) is 20.8 Å². The summed E-state index contributed by atoms with van der Waals surface area (Å²) in [6.45, 7) is 0. The molecule has 4 aromatic rings. The van der Waals surface area contributed by atoms with E-state index in [1.165, 1.54) is 0 Å². The van der Waals surface area contributed by atoms with Crippen molar-refractivity contribution in [3.05, 3.63) is 132 Å². The van der Waals surface area contributed by atoms with Crippen LogP contribution in [-0.4, -0.2) is 33.2 Å². The Bertz CT molecular complexity index is 1140. The van der Waals surface area contributed by atoms with E-state index in [9.17, 15) is 9.59 Å². The molecule has 0 aliphatic heterocycles. The second-order valence-electron chi connectivity index (χ2n) is 7.33. The van der Waals surface area contributed by atoms with E-state index in [0.717, 1.165) is 11.1 Å². The van der Waals surface area contributed by atoms with E-state index < -0.39 is 18.2 Å². The van der Waals surface area contributed by atoms with Crippen LogP contribution in [0, 0.1) is 0 Å². The second-order valence-corrected chi connectivity index (χ2v) is 7.33. The summed E-state index contributed by atoms with van der Waals surface area (Å²) in [5.74, 6) is -1.16. The largest absolute Gasteiger partial charge is 0.273 e. The summed E-state index contributed by atoms with van der Waals surface area (Å²) in [5.41, 5.74) is 8.62. The van der Waals surface area contributed by atoms with Crippen LogP contribution in [-0.2, 0) is 9.59 Å². The molecule has 0 bridgehead atoms. The molecule has 0 saturated heterocycles. The van der Waals surface area contributed by atoms with E-state index in [1.807, 2.05) is 72.8 Å². The van der Waals surface area contributed by atoms with Gasteiger partial charge in [-0.15, -0.1) is 0 Å². The molecule has 0 aliphatic carbocycles. The third-order valence-electron chi connectivity index (χ3n) is 4.82. The highest BCUT2D eigenvalue weighted by atomic mass is 16.2. The molecule has 0 saturated carbocycles. The highest BCUT2D eigenvalue weighted by molar-refractivity contribution is 6.13. The molecule has 35 heavy (non-hydrogen) atoms. The Morgan fingerprint density at radius 2 is 0.971 bits per heavy atom. The molecule has 0 spiro atoms. The number of nitrogens with one attached hydrogen (secondary N) is 2. The van der Waals surface area contributed by atoms with Crippen LogP contribution in [0.4, 0.5) is 0 Å². The molecule has 8 heteroatoms. The van der Waals surface area contributed by atoms with E-state index in [4.69, 9.17) is 0 Å². The lowest BCUT2D eigenvalue weighted by Crippen LogP contribution is -2.29. The third kappa shape index (κ3) is 6.52. The van der Waals surface area contributed by atoms with Crippen LogP contribution in [0.25, 0.3) is 0 Å². The summed E-state index contributed by atoms with van der Waals surface area (Å²) in [5, 5.41) is 8.47. The SMILES string of the molecule is O=C(CC(=O)N/N=C(/c1ccccc1)c1ccccn1)N/N=C(/c1ccccc1)c1ccccn1. The van der Waals surface area contributed by atoms with E-state index >= 15 is 0 Å². The summed E-state index contributed by atoms with van der Waals surface area (Å²) in [6.07, 6.45) is 2.83. The number of hydrogen-bond acceptors (Lipinski definition) is 6. The molecule has 0 unspecified atom stereocenters. The fourth-order valence-corrected chi connectivity index (χ4v) is 3.20. The number of carbonyl (C=O) groups is 2. The Morgan fingerprint density at radius 3 is 1.34 bits per heavy atom. The second kappa shape index (κ2) is 11.8. The van der Waals surface area contributed by atoms with Gasteiger partial charge in [-0.05, 0) is 24.3 Å². The van der Waals surface area contributed by atoms with E-state index in [2.05, 4.69) is 31.0 Å². The van der Waals surface area contributed by atoms with Gasteiger partial charge in [0.15, 0.2) is 0 Å². The van der Waals surface area contributed by atoms with Gasteiger partial charge in [-0.3, -0.25) is 19.6 Å². The zero-order valence-corrected chi connectivity index (χ0v) is 18.7. The maximum absolute atomic E-state index is 12.4. The van der Waals surface area contributed by atoms with Gasteiger partial charge >= 0.3 is 0 Å². The summed E-state index contributed by atoms with van der Waals surface area (Å²) < 4.78 is 0. The minimum atomic E-state index is -0.582. The van der Waals surface area contributed by atoms with Crippen LogP contribution < -0.4 is 10.9 Å². The Kier molecular flexibility index (Phi) is 7.79. The maximum Gasteiger partial charge on any atom is 0.249 e. The van der Waals surface area contributed by atoms with Crippen LogP contribution in [0.1, 0.15) is 28.9 Å². The molecule has 2 N–H and O–H groups in total.